The van der Waals surface area contributed by atoms with Crippen LogP contribution < -0.4 is 11.1 Å². The first-order chi connectivity index (χ1) is 9.03. The van der Waals surface area contributed by atoms with Gasteiger partial charge in [-0.15, -0.1) is 0 Å². The topological polar surface area (TPSA) is 55.1 Å². The average Bonchev–Trinajstić information content (AvgIpc) is 2.40. The van der Waals surface area contributed by atoms with Gasteiger partial charge in [-0.25, -0.2) is 4.39 Å². The summed E-state index contributed by atoms with van der Waals surface area (Å²) in [7, 11) is 0. The van der Waals surface area contributed by atoms with Gasteiger partial charge in [0.15, 0.2) is 0 Å². The molecule has 0 heterocycles. The summed E-state index contributed by atoms with van der Waals surface area (Å²) >= 11 is 5.12. The molecule has 1 aliphatic carbocycles. The van der Waals surface area contributed by atoms with Crippen LogP contribution in [0.25, 0.3) is 0 Å². The van der Waals surface area contributed by atoms with E-state index in [2.05, 4.69) is 5.32 Å². The molecule has 0 bridgehead atoms. The Kier molecular flexibility index (Phi) is 4.14. The van der Waals surface area contributed by atoms with E-state index in [9.17, 15) is 9.18 Å². The lowest BCUT2D eigenvalue weighted by molar-refractivity contribution is 0.0908. The van der Waals surface area contributed by atoms with E-state index in [4.69, 9.17) is 18.0 Å². The van der Waals surface area contributed by atoms with Crippen molar-refractivity contribution in [3.63, 3.8) is 0 Å². The van der Waals surface area contributed by atoms with Crippen LogP contribution >= 0.6 is 12.2 Å². The fraction of sp³-hybridized carbons (Fsp3) is 0.429. The Morgan fingerprint density at radius 1 is 1.21 bits per heavy atom. The molecule has 0 aromatic heterocycles. The number of carbonyl (C=O) groups excluding carboxylic acids is 1. The largest absolute Gasteiger partial charge is 0.391 e. The maximum Gasteiger partial charge on any atom is 0.252 e. The van der Waals surface area contributed by atoms with Crippen molar-refractivity contribution < 1.29 is 9.18 Å². The summed E-state index contributed by atoms with van der Waals surface area (Å²) in [6, 6.07) is 5.45. The third-order valence-corrected chi connectivity index (χ3v) is 4.03. The minimum Gasteiger partial charge on any atom is -0.391 e. The van der Waals surface area contributed by atoms with Crippen molar-refractivity contribution in [2.24, 2.45) is 5.73 Å². The first kappa shape index (κ1) is 13.9. The zero-order chi connectivity index (χ0) is 13.9. The maximum atomic E-state index is 12.8. The summed E-state index contributed by atoms with van der Waals surface area (Å²) in [5.74, 6) is -0.618. The van der Waals surface area contributed by atoms with Gasteiger partial charge in [-0.3, -0.25) is 4.79 Å². The van der Waals surface area contributed by atoms with Crippen LogP contribution in [0.4, 0.5) is 4.39 Å². The van der Waals surface area contributed by atoms with Gasteiger partial charge in [-0.05, 0) is 37.1 Å². The Hall–Kier alpha value is -1.49. The number of hydrogen-bond acceptors (Lipinski definition) is 2. The number of nitrogens with one attached hydrogen (secondary N) is 1. The average molecular weight is 280 g/mol. The molecule has 19 heavy (non-hydrogen) atoms. The molecule has 2 rings (SSSR count). The first-order valence-corrected chi connectivity index (χ1v) is 6.82. The number of hydrogen-bond donors (Lipinski definition) is 2. The number of nitrogens with two attached hydrogens (primary N) is 1. The third kappa shape index (κ3) is 3.10. The van der Waals surface area contributed by atoms with Crippen LogP contribution in [0, 0.1) is 5.82 Å². The summed E-state index contributed by atoms with van der Waals surface area (Å²) in [5, 5.41) is 2.94. The molecular weight excluding hydrogens is 263 g/mol. The molecule has 1 amide bonds. The van der Waals surface area contributed by atoms with Gasteiger partial charge in [0, 0.05) is 5.56 Å². The molecule has 102 valence electrons. The van der Waals surface area contributed by atoms with E-state index >= 15 is 0 Å². The minimum absolute atomic E-state index is 0.255. The molecular formula is C14H17FN2OS. The molecule has 0 saturated heterocycles. The van der Waals surface area contributed by atoms with E-state index in [1.54, 1.807) is 0 Å². The molecule has 0 unspecified atom stereocenters. The van der Waals surface area contributed by atoms with Crippen molar-refractivity contribution in [1.29, 1.82) is 0 Å². The van der Waals surface area contributed by atoms with Crippen molar-refractivity contribution >= 4 is 23.1 Å². The van der Waals surface area contributed by atoms with Crippen LogP contribution in [-0.2, 0) is 0 Å². The van der Waals surface area contributed by atoms with Crippen molar-refractivity contribution in [3.05, 3.63) is 35.6 Å². The van der Waals surface area contributed by atoms with Gasteiger partial charge in [-0.1, -0.05) is 31.5 Å². The quantitative estimate of drug-likeness (QED) is 0.837. The van der Waals surface area contributed by atoms with Crippen LogP contribution in [0.3, 0.4) is 0 Å². The molecule has 1 saturated carbocycles. The standard InChI is InChI=1S/C14H17FN2OS/c15-11-6-4-10(5-7-11)12(18)17-14(13(16)19)8-2-1-3-9-14/h4-7H,1-3,8-9H2,(H2,16,19)(H,17,18). The smallest absolute Gasteiger partial charge is 0.252 e. The molecule has 0 aliphatic heterocycles. The van der Waals surface area contributed by atoms with E-state index in [0.29, 0.717) is 10.6 Å². The summed E-state index contributed by atoms with van der Waals surface area (Å²) in [6.45, 7) is 0. The highest BCUT2D eigenvalue weighted by molar-refractivity contribution is 7.80. The van der Waals surface area contributed by atoms with Crippen LogP contribution in [0.5, 0.6) is 0 Å². The van der Waals surface area contributed by atoms with E-state index in [-0.39, 0.29) is 11.7 Å². The van der Waals surface area contributed by atoms with Gasteiger partial charge in [-0.2, -0.15) is 0 Å². The second-order valence-electron chi connectivity index (χ2n) is 4.97. The molecule has 0 atom stereocenters. The van der Waals surface area contributed by atoms with Gasteiger partial charge in [0.2, 0.25) is 0 Å². The predicted molar refractivity (Wildman–Crippen MR) is 76.5 cm³/mol. The Labute approximate surface area is 117 Å². The van der Waals surface area contributed by atoms with Crippen molar-refractivity contribution in [2.75, 3.05) is 0 Å². The number of carbonyl (C=O) groups is 1. The number of benzene rings is 1. The summed E-state index contributed by atoms with van der Waals surface area (Å²) in [4.78, 5) is 12.5. The summed E-state index contributed by atoms with van der Waals surface area (Å²) in [6.07, 6.45) is 4.68. The third-order valence-electron chi connectivity index (χ3n) is 3.64. The molecule has 3 nitrogen and oxygen atoms in total. The molecule has 5 heteroatoms. The fourth-order valence-electron chi connectivity index (χ4n) is 2.48. The van der Waals surface area contributed by atoms with Crippen molar-refractivity contribution in [1.82, 2.24) is 5.32 Å². The number of thiocarbonyl (C=S) groups is 1. The predicted octanol–water partition coefficient (Wildman–Crippen LogP) is 2.54. The summed E-state index contributed by atoms with van der Waals surface area (Å²) in [5.41, 5.74) is 5.64. The molecule has 1 aromatic rings. The Bertz CT molecular complexity index is 481. The highest BCUT2D eigenvalue weighted by Crippen LogP contribution is 2.29. The van der Waals surface area contributed by atoms with Crippen molar-refractivity contribution in [3.8, 4) is 0 Å². The second-order valence-corrected chi connectivity index (χ2v) is 5.41. The highest BCUT2D eigenvalue weighted by atomic mass is 32.1. The van der Waals surface area contributed by atoms with Crippen LogP contribution in [0.1, 0.15) is 42.5 Å². The van der Waals surface area contributed by atoms with Crippen molar-refractivity contribution in [2.45, 2.75) is 37.6 Å². The molecule has 1 fully saturated rings. The number of halogens is 1. The normalized spacial score (nSPS) is 17.7. The highest BCUT2D eigenvalue weighted by Gasteiger charge is 2.36. The van der Waals surface area contributed by atoms with E-state index in [1.807, 2.05) is 0 Å². The minimum atomic E-state index is -0.584. The van der Waals surface area contributed by atoms with Crippen LogP contribution in [0.15, 0.2) is 24.3 Å². The molecule has 0 spiro atoms. The lowest BCUT2D eigenvalue weighted by atomic mass is 9.81. The van der Waals surface area contributed by atoms with E-state index < -0.39 is 5.54 Å². The second kappa shape index (κ2) is 5.65. The van der Waals surface area contributed by atoms with Gasteiger partial charge in [0.05, 0.1) is 10.5 Å². The molecule has 1 aromatic carbocycles. The Balaban J connectivity index is 2.15. The lowest BCUT2D eigenvalue weighted by Gasteiger charge is -2.37. The maximum absolute atomic E-state index is 12.8. The van der Waals surface area contributed by atoms with Crippen LogP contribution in [-0.4, -0.2) is 16.4 Å². The molecule has 1 aliphatic rings. The zero-order valence-electron chi connectivity index (χ0n) is 10.6. The Morgan fingerprint density at radius 2 is 1.79 bits per heavy atom. The van der Waals surface area contributed by atoms with E-state index in [1.165, 1.54) is 24.3 Å². The number of amides is 1. The SMILES string of the molecule is NC(=S)C1(NC(=O)c2ccc(F)cc2)CCCCC1. The zero-order valence-corrected chi connectivity index (χ0v) is 11.4. The monoisotopic (exact) mass is 280 g/mol. The van der Waals surface area contributed by atoms with E-state index in [0.717, 1.165) is 32.1 Å². The molecule has 0 radical (unpaired) electrons. The molecule has 3 N–H and O–H groups in total. The Morgan fingerprint density at radius 3 is 2.32 bits per heavy atom. The van der Waals surface area contributed by atoms with Gasteiger partial charge < -0.3 is 11.1 Å². The van der Waals surface area contributed by atoms with Gasteiger partial charge >= 0.3 is 0 Å². The van der Waals surface area contributed by atoms with Gasteiger partial charge in [0.25, 0.3) is 5.91 Å². The number of rotatable bonds is 3. The van der Waals surface area contributed by atoms with Gasteiger partial charge in [0.1, 0.15) is 5.82 Å². The fourth-order valence-corrected chi connectivity index (χ4v) is 2.73. The van der Waals surface area contributed by atoms with Crippen LogP contribution in [0.2, 0.25) is 0 Å². The summed E-state index contributed by atoms with van der Waals surface area (Å²) < 4.78 is 12.8. The first-order valence-electron chi connectivity index (χ1n) is 6.41. The lowest BCUT2D eigenvalue weighted by Crippen LogP contribution is -2.57.